The van der Waals surface area contributed by atoms with Crippen LogP contribution in [0.15, 0.2) is 0 Å². The molecule has 98 valence electrons. The zero-order chi connectivity index (χ0) is 13.1. The van der Waals surface area contributed by atoms with Crippen molar-refractivity contribution in [1.29, 1.82) is 0 Å². The lowest BCUT2D eigenvalue weighted by atomic mass is 9.75. The van der Waals surface area contributed by atoms with Crippen LogP contribution in [0.3, 0.4) is 0 Å². The van der Waals surface area contributed by atoms with Crippen LogP contribution in [0.2, 0.25) is 0 Å². The molecule has 0 saturated heterocycles. The SMILES string of the molecule is CC(C)(C)OC(=O)C(CNC(=O)O)C1CCC1. The lowest BCUT2D eigenvalue weighted by molar-refractivity contribution is -0.163. The predicted molar refractivity (Wildman–Crippen MR) is 62.7 cm³/mol. The summed E-state index contributed by atoms with van der Waals surface area (Å²) in [5.74, 6) is -0.383. The Balaban J connectivity index is 2.55. The summed E-state index contributed by atoms with van der Waals surface area (Å²) in [5, 5.41) is 10.9. The van der Waals surface area contributed by atoms with Crippen LogP contribution in [0.4, 0.5) is 4.79 Å². The molecule has 5 nitrogen and oxygen atoms in total. The third kappa shape index (κ3) is 4.63. The third-order valence-electron chi connectivity index (χ3n) is 2.90. The molecule has 1 unspecified atom stereocenters. The van der Waals surface area contributed by atoms with Gasteiger partial charge < -0.3 is 15.2 Å². The molecule has 0 heterocycles. The van der Waals surface area contributed by atoms with E-state index in [9.17, 15) is 9.59 Å². The Kier molecular flexibility index (Phi) is 4.37. The largest absolute Gasteiger partial charge is 0.465 e. The third-order valence-corrected chi connectivity index (χ3v) is 2.90. The van der Waals surface area contributed by atoms with Gasteiger partial charge in [-0.05, 0) is 39.5 Å². The molecule has 17 heavy (non-hydrogen) atoms. The van der Waals surface area contributed by atoms with Crippen molar-refractivity contribution in [2.45, 2.75) is 45.6 Å². The van der Waals surface area contributed by atoms with Gasteiger partial charge in [0.05, 0.1) is 5.92 Å². The Bertz CT molecular complexity index is 291. The Morgan fingerprint density at radius 3 is 2.35 bits per heavy atom. The van der Waals surface area contributed by atoms with Gasteiger partial charge in [-0.15, -0.1) is 0 Å². The maximum absolute atomic E-state index is 12.0. The Morgan fingerprint density at radius 2 is 2.00 bits per heavy atom. The van der Waals surface area contributed by atoms with Gasteiger partial charge in [0.15, 0.2) is 0 Å². The van der Waals surface area contributed by atoms with Crippen LogP contribution in [-0.4, -0.2) is 29.3 Å². The Morgan fingerprint density at radius 1 is 1.41 bits per heavy atom. The first-order valence-electron chi connectivity index (χ1n) is 5.99. The molecule has 1 amide bonds. The highest BCUT2D eigenvalue weighted by atomic mass is 16.6. The molecule has 1 atom stereocenters. The molecule has 0 bridgehead atoms. The van der Waals surface area contributed by atoms with Gasteiger partial charge in [-0.2, -0.15) is 0 Å². The van der Waals surface area contributed by atoms with E-state index in [1.807, 2.05) is 20.8 Å². The van der Waals surface area contributed by atoms with Crippen LogP contribution in [-0.2, 0) is 9.53 Å². The number of nitrogens with one attached hydrogen (secondary N) is 1. The molecule has 5 heteroatoms. The van der Waals surface area contributed by atoms with Gasteiger partial charge in [-0.1, -0.05) is 6.42 Å². The van der Waals surface area contributed by atoms with E-state index in [1.54, 1.807) is 0 Å². The first-order chi connectivity index (χ1) is 7.79. The highest BCUT2D eigenvalue weighted by Crippen LogP contribution is 2.34. The zero-order valence-electron chi connectivity index (χ0n) is 10.7. The molecule has 0 spiro atoms. The van der Waals surface area contributed by atoms with E-state index in [-0.39, 0.29) is 24.3 Å². The molecule has 1 rings (SSSR count). The molecule has 1 saturated carbocycles. The second kappa shape index (κ2) is 5.38. The first kappa shape index (κ1) is 13.8. The van der Waals surface area contributed by atoms with Crippen LogP contribution in [0, 0.1) is 11.8 Å². The minimum absolute atomic E-state index is 0.148. The number of ether oxygens (including phenoxy) is 1. The molecular formula is C12H21NO4. The lowest BCUT2D eigenvalue weighted by Crippen LogP contribution is -2.41. The number of esters is 1. The van der Waals surface area contributed by atoms with E-state index in [0.717, 1.165) is 19.3 Å². The maximum atomic E-state index is 12.0. The normalized spacial score (nSPS) is 18.1. The summed E-state index contributed by atoms with van der Waals surface area (Å²) in [6, 6.07) is 0. The van der Waals surface area contributed by atoms with Crippen LogP contribution in [0.5, 0.6) is 0 Å². The Hall–Kier alpha value is -1.26. The second-order valence-electron chi connectivity index (χ2n) is 5.52. The zero-order valence-corrected chi connectivity index (χ0v) is 10.7. The van der Waals surface area contributed by atoms with Gasteiger partial charge in [-0.25, -0.2) is 4.79 Å². The number of hydrogen-bond donors (Lipinski definition) is 2. The fourth-order valence-electron chi connectivity index (χ4n) is 1.86. The summed E-state index contributed by atoms with van der Waals surface area (Å²) in [4.78, 5) is 22.4. The van der Waals surface area contributed by atoms with Crippen LogP contribution >= 0.6 is 0 Å². The molecule has 1 aliphatic rings. The summed E-state index contributed by atoms with van der Waals surface area (Å²) < 4.78 is 5.32. The second-order valence-corrected chi connectivity index (χ2v) is 5.52. The molecule has 2 N–H and O–H groups in total. The van der Waals surface area contributed by atoms with Crippen molar-refractivity contribution in [3.8, 4) is 0 Å². The molecule has 0 aromatic heterocycles. The molecule has 1 aliphatic carbocycles. The van der Waals surface area contributed by atoms with Crippen molar-refractivity contribution in [1.82, 2.24) is 5.32 Å². The standard InChI is InChI=1S/C12H21NO4/c1-12(2,3)17-10(14)9(7-13-11(15)16)8-5-4-6-8/h8-9,13H,4-7H2,1-3H3,(H,15,16). The summed E-state index contributed by atoms with van der Waals surface area (Å²) in [6.07, 6.45) is 1.96. The van der Waals surface area contributed by atoms with E-state index >= 15 is 0 Å². The highest BCUT2D eigenvalue weighted by Gasteiger charge is 2.35. The number of amides is 1. The van der Waals surface area contributed by atoms with Crippen molar-refractivity contribution in [3.63, 3.8) is 0 Å². The van der Waals surface area contributed by atoms with Gasteiger partial charge in [0.25, 0.3) is 0 Å². The summed E-state index contributed by atoms with van der Waals surface area (Å²) in [6.45, 7) is 5.59. The van der Waals surface area contributed by atoms with Crippen LogP contribution in [0.25, 0.3) is 0 Å². The number of carbonyl (C=O) groups excluding carboxylic acids is 1. The number of rotatable bonds is 4. The van der Waals surface area contributed by atoms with E-state index in [1.165, 1.54) is 0 Å². The van der Waals surface area contributed by atoms with Crippen molar-refractivity contribution in [2.75, 3.05) is 6.54 Å². The Labute approximate surface area is 102 Å². The van der Waals surface area contributed by atoms with Gasteiger partial charge in [0, 0.05) is 6.54 Å². The smallest absolute Gasteiger partial charge is 0.404 e. The average Bonchev–Trinajstić information content (AvgIpc) is 2.04. The monoisotopic (exact) mass is 243 g/mol. The van der Waals surface area contributed by atoms with Gasteiger partial charge in [0.1, 0.15) is 5.60 Å². The minimum atomic E-state index is -1.10. The van der Waals surface area contributed by atoms with Crippen molar-refractivity contribution >= 4 is 12.1 Å². The van der Waals surface area contributed by atoms with Gasteiger partial charge in [-0.3, -0.25) is 4.79 Å². The molecule has 0 aromatic carbocycles. The van der Waals surface area contributed by atoms with E-state index < -0.39 is 11.7 Å². The van der Waals surface area contributed by atoms with Crippen molar-refractivity contribution in [2.24, 2.45) is 11.8 Å². The minimum Gasteiger partial charge on any atom is -0.465 e. The van der Waals surface area contributed by atoms with Gasteiger partial charge in [0.2, 0.25) is 0 Å². The molecule has 1 fully saturated rings. The first-order valence-corrected chi connectivity index (χ1v) is 5.99. The molecule has 0 aromatic rings. The predicted octanol–water partition coefficient (Wildman–Crippen LogP) is 2.01. The molecular weight excluding hydrogens is 222 g/mol. The van der Waals surface area contributed by atoms with E-state index in [4.69, 9.17) is 9.84 Å². The number of carbonyl (C=O) groups is 2. The summed E-state index contributed by atoms with van der Waals surface area (Å²) in [5.41, 5.74) is -0.525. The fraction of sp³-hybridized carbons (Fsp3) is 0.833. The lowest BCUT2D eigenvalue weighted by Gasteiger charge is -2.34. The summed E-state index contributed by atoms with van der Waals surface area (Å²) >= 11 is 0. The van der Waals surface area contributed by atoms with E-state index in [0.29, 0.717) is 0 Å². The fourth-order valence-corrected chi connectivity index (χ4v) is 1.86. The van der Waals surface area contributed by atoms with Crippen molar-refractivity contribution in [3.05, 3.63) is 0 Å². The number of carboxylic acid groups (broad SMARTS) is 1. The quantitative estimate of drug-likeness (QED) is 0.741. The van der Waals surface area contributed by atoms with Gasteiger partial charge >= 0.3 is 12.1 Å². The van der Waals surface area contributed by atoms with Crippen LogP contribution in [0.1, 0.15) is 40.0 Å². The molecule has 0 radical (unpaired) electrons. The highest BCUT2D eigenvalue weighted by molar-refractivity contribution is 5.74. The summed E-state index contributed by atoms with van der Waals surface area (Å²) in [7, 11) is 0. The number of hydrogen-bond acceptors (Lipinski definition) is 3. The topological polar surface area (TPSA) is 75.6 Å². The van der Waals surface area contributed by atoms with Crippen molar-refractivity contribution < 1.29 is 19.4 Å². The van der Waals surface area contributed by atoms with E-state index in [2.05, 4.69) is 5.32 Å². The average molecular weight is 243 g/mol. The maximum Gasteiger partial charge on any atom is 0.404 e. The van der Waals surface area contributed by atoms with Crippen LogP contribution < -0.4 is 5.32 Å². The molecule has 0 aliphatic heterocycles.